The smallest absolute Gasteiger partial charge is 0.260 e. The number of amides is 1. The van der Waals surface area contributed by atoms with Crippen molar-refractivity contribution in [2.45, 2.75) is 51.2 Å². The zero-order valence-electron chi connectivity index (χ0n) is 13.6. The number of hydrogen-bond donors (Lipinski definition) is 1. The maximum Gasteiger partial charge on any atom is 0.260 e. The van der Waals surface area contributed by atoms with Crippen molar-refractivity contribution in [3.05, 3.63) is 29.3 Å². The number of carbonyl (C=O) groups excluding carboxylic acids is 1. The van der Waals surface area contributed by atoms with E-state index >= 15 is 0 Å². The van der Waals surface area contributed by atoms with Gasteiger partial charge in [0, 0.05) is 6.04 Å². The summed E-state index contributed by atoms with van der Waals surface area (Å²) in [5, 5.41) is 3.12. The zero-order valence-corrected chi connectivity index (χ0v) is 13.6. The lowest BCUT2D eigenvalue weighted by Crippen LogP contribution is -2.47. The Kier molecular flexibility index (Phi) is 4.67. The summed E-state index contributed by atoms with van der Waals surface area (Å²) in [6.07, 6.45) is 5.12. The monoisotopic (exact) mass is 302 g/mol. The number of nitrogens with one attached hydrogen (secondary N) is 1. The number of carbonyl (C=O) groups is 1. The third kappa shape index (κ3) is 3.61. The highest BCUT2D eigenvalue weighted by atomic mass is 16.5. The second-order valence-corrected chi connectivity index (χ2v) is 6.63. The number of hydrogen-bond acceptors (Lipinski definition) is 3. The molecule has 0 aromatic heterocycles. The molecule has 4 heteroatoms. The number of ether oxygens (including phenoxy) is 1. The molecule has 0 saturated carbocycles. The van der Waals surface area contributed by atoms with Crippen LogP contribution in [0.1, 0.15) is 37.3 Å². The fourth-order valence-corrected chi connectivity index (χ4v) is 3.35. The number of aryl methyl sites for hydroxylation is 2. The van der Waals surface area contributed by atoms with Crippen LogP contribution in [0.4, 0.5) is 0 Å². The predicted octanol–water partition coefficient (Wildman–Crippen LogP) is 2.15. The molecule has 1 heterocycles. The van der Waals surface area contributed by atoms with Gasteiger partial charge in [0.2, 0.25) is 0 Å². The number of fused-ring (bicyclic) bond motifs is 1. The number of benzene rings is 1. The molecule has 120 valence electrons. The lowest BCUT2D eigenvalue weighted by Gasteiger charge is -2.30. The van der Waals surface area contributed by atoms with E-state index in [9.17, 15) is 4.79 Å². The molecule has 2 aliphatic rings. The van der Waals surface area contributed by atoms with Crippen molar-refractivity contribution < 1.29 is 9.53 Å². The van der Waals surface area contributed by atoms with Crippen molar-refractivity contribution in [3.8, 4) is 5.75 Å². The van der Waals surface area contributed by atoms with Crippen molar-refractivity contribution in [2.24, 2.45) is 0 Å². The fourth-order valence-electron chi connectivity index (χ4n) is 3.35. The van der Waals surface area contributed by atoms with Crippen LogP contribution in [0.15, 0.2) is 18.2 Å². The summed E-state index contributed by atoms with van der Waals surface area (Å²) in [5.74, 6) is 0.807. The Morgan fingerprint density at radius 1 is 1.27 bits per heavy atom. The summed E-state index contributed by atoms with van der Waals surface area (Å²) in [5.41, 5.74) is 2.80. The largest absolute Gasteiger partial charge is 0.481 e. The first kappa shape index (κ1) is 15.3. The van der Waals surface area contributed by atoms with Crippen LogP contribution in [-0.4, -0.2) is 43.1 Å². The molecule has 3 rings (SSSR count). The Morgan fingerprint density at radius 3 is 2.77 bits per heavy atom. The summed E-state index contributed by atoms with van der Waals surface area (Å²) >= 11 is 0. The third-order valence-corrected chi connectivity index (χ3v) is 4.82. The quantitative estimate of drug-likeness (QED) is 0.926. The first-order chi connectivity index (χ1) is 10.6. The summed E-state index contributed by atoms with van der Waals surface area (Å²) in [6.45, 7) is 3.92. The molecule has 4 nitrogen and oxygen atoms in total. The van der Waals surface area contributed by atoms with Gasteiger partial charge in [-0.25, -0.2) is 0 Å². The lowest BCUT2D eigenvalue weighted by atomic mass is 10.1. The highest BCUT2D eigenvalue weighted by Crippen LogP contribution is 2.26. The molecule has 1 atom stereocenters. The number of piperidine rings is 1. The van der Waals surface area contributed by atoms with E-state index in [1.807, 2.05) is 13.0 Å². The van der Waals surface area contributed by atoms with Gasteiger partial charge >= 0.3 is 0 Å². The van der Waals surface area contributed by atoms with Crippen LogP contribution < -0.4 is 10.1 Å². The van der Waals surface area contributed by atoms with Crippen molar-refractivity contribution in [1.29, 1.82) is 0 Å². The van der Waals surface area contributed by atoms with Crippen LogP contribution >= 0.6 is 0 Å². The summed E-state index contributed by atoms with van der Waals surface area (Å²) in [4.78, 5) is 14.6. The van der Waals surface area contributed by atoms with E-state index in [1.54, 1.807) is 0 Å². The molecular formula is C18H26N2O2. The van der Waals surface area contributed by atoms with E-state index in [2.05, 4.69) is 29.4 Å². The summed E-state index contributed by atoms with van der Waals surface area (Å²) in [6, 6.07) is 6.51. The van der Waals surface area contributed by atoms with Crippen LogP contribution in [0.3, 0.4) is 0 Å². The van der Waals surface area contributed by atoms with Gasteiger partial charge in [-0.2, -0.15) is 0 Å². The molecular weight excluding hydrogens is 276 g/mol. The average molecular weight is 302 g/mol. The van der Waals surface area contributed by atoms with Gasteiger partial charge in [0.15, 0.2) is 6.10 Å². The molecule has 1 aliphatic heterocycles. The summed E-state index contributed by atoms with van der Waals surface area (Å²) < 4.78 is 5.84. The molecule has 0 spiro atoms. The number of rotatable bonds is 4. The predicted molar refractivity (Wildman–Crippen MR) is 87.2 cm³/mol. The normalized spacial score (nSPS) is 20.5. The fraction of sp³-hybridized carbons (Fsp3) is 0.611. The minimum Gasteiger partial charge on any atom is -0.481 e. The maximum absolute atomic E-state index is 12.3. The van der Waals surface area contributed by atoms with Gasteiger partial charge in [0.1, 0.15) is 5.75 Å². The van der Waals surface area contributed by atoms with Crippen molar-refractivity contribution >= 4 is 5.91 Å². The standard InChI is InChI=1S/C18H26N2O2/c1-13(18(21)19-16-8-10-20(2)11-9-16)22-17-7-6-14-4-3-5-15(14)12-17/h6-7,12-13,16H,3-5,8-11H2,1-2H3,(H,19,21). The van der Waals surface area contributed by atoms with E-state index in [1.165, 1.54) is 24.0 Å². The van der Waals surface area contributed by atoms with Gasteiger partial charge in [-0.15, -0.1) is 0 Å². The van der Waals surface area contributed by atoms with Gasteiger partial charge in [0.25, 0.3) is 5.91 Å². The molecule has 22 heavy (non-hydrogen) atoms. The zero-order chi connectivity index (χ0) is 15.5. The average Bonchev–Trinajstić information content (AvgIpc) is 2.97. The maximum atomic E-state index is 12.3. The highest BCUT2D eigenvalue weighted by molar-refractivity contribution is 5.81. The minimum atomic E-state index is -0.445. The van der Waals surface area contributed by atoms with E-state index < -0.39 is 6.10 Å². The second kappa shape index (κ2) is 6.69. The molecule has 1 unspecified atom stereocenters. The Morgan fingerprint density at radius 2 is 2.00 bits per heavy atom. The molecule has 1 amide bonds. The van der Waals surface area contributed by atoms with Gasteiger partial charge in [-0.3, -0.25) is 4.79 Å². The van der Waals surface area contributed by atoms with E-state index in [0.717, 1.165) is 38.1 Å². The van der Waals surface area contributed by atoms with Gasteiger partial charge in [-0.05, 0) is 82.4 Å². The SMILES string of the molecule is CC(Oc1ccc2c(c1)CCC2)C(=O)NC1CCN(C)CC1. The molecule has 0 radical (unpaired) electrons. The number of nitrogens with zero attached hydrogens (tertiary/aromatic N) is 1. The minimum absolute atomic E-state index is 0.00458. The Bertz CT molecular complexity index is 536. The third-order valence-electron chi connectivity index (χ3n) is 4.82. The Hall–Kier alpha value is -1.55. The van der Waals surface area contributed by atoms with Crippen LogP contribution in [0.25, 0.3) is 0 Å². The molecule has 1 aromatic rings. The van der Waals surface area contributed by atoms with Crippen molar-refractivity contribution in [3.63, 3.8) is 0 Å². The molecule has 1 aromatic carbocycles. The molecule has 1 aliphatic carbocycles. The van der Waals surface area contributed by atoms with E-state index in [0.29, 0.717) is 0 Å². The topological polar surface area (TPSA) is 41.6 Å². The van der Waals surface area contributed by atoms with Crippen LogP contribution in [0, 0.1) is 0 Å². The molecule has 1 N–H and O–H groups in total. The first-order valence-corrected chi connectivity index (χ1v) is 8.39. The van der Waals surface area contributed by atoms with Crippen LogP contribution in [-0.2, 0) is 17.6 Å². The molecule has 0 bridgehead atoms. The Balaban J connectivity index is 1.52. The molecule has 1 saturated heterocycles. The summed E-state index contributed by atoms with van der Waals surface area (Å²) in [7, 11) is 2.12. The van der Waals surface area contributed by atoms with Crippen LogP contribution in [0.5, 0.6) is 5.75 Å². The van der Waals surface area contributed by atoms with Gasteiger partial charge in [0.05, 0.1) is 0 Å². The van der Waals surface area contributed by atoms with E-state index in [4.69, 9.17) is 4.74 Å². The van der Waals surface area contributed by atoms with Gasteiger partial charge in [-0.1, -0.05) is 6.07 Å². The van der Waals surface area contributed by atoms with E-state index in [-0.39, 0.29) is 11.9 Å². The van der Waals surface area contributed by atoms with Crippen molar-refractivity contribution in [1.82, 2.24) is 10.2 Å². The van der Waals surface area contributed by atoms with Crippen molar-refractivity contribution in [2.75, 3.05) is 20.1 Å². The van der Waals surface area contributed by atoms with Crippen LogP contribution in [0.2, 0.25) is 0 Å². The highest BCUT2D eigenvalue weighted by Gasteiger charge is 2.22. The number of likely N-dealkylation sites (tertiary alicyclic amines) is 1. The lowest BCUT2D eigenvalue weighted by molar-refractivity contribution is -0.128. The Labute approximate surface area is 132 Å². The van der Waals surface area contributed by atoms with Gasteiger partial charge < -0.3 is 15.0 Å². The second-order valence-electron chi connectivity index (χ2n) is 6.63. The first-order valence-electron chi connectivity index (χ1n) is 8.39. The molecule has 1 fully saturated rings.